The number of carbonyl (C=O) groups is 1. The standard InChI is InChI=1S/C17H13Cl2NO/c18-8-7-12-3-6-16-14(9-12)15(17(21)20-16)10-11-1-4-13(19)5-2-11/h1-6,9-10H,7-8H2,(H,20,21). The summed E-state index contributed by atoms with van der Waals surface area (Å²) in [5.41, 5.74) is 4.52. The topological polar surface area (TPSA) is 29.1 Å². The molecule has 0 saturated carbocycles. The minimum atomic E-state index is -0.0806. The normalized spacial score (nSPS) is 15.1. The van der Waals surface area contributed by atoms with Crippen molar-refractivity contribution >= 4 is 46.4 Å². The summed E-state index contributed by atoms with van der Waals surface area (Å²) in [5, 5.41) is 3.56. The molecule has 0 radical (unpaired) electrons. The summed E-state index contributed by atoms with van der Waals surface area (Å²) in [7, 11) is 0. The van der Waals surface area contributed by atoms with Crippen molar-refractivity contribution in [2.45, 2.75) is 6.42 Å². The molecule has 0 atom stereocenters. The van der Waals surface area contributed by atoms with Gasteiger partial charge < -0.3 is 5.32 Å². The Morgan fingerprint density at radius 2 is 1.86 bits per heavy atom. The molecule has 0 aliphatic carbocycles. The molecule has 2 nitrogen and oxygen atoms in total. The first-order chi connectivity index (χ1) is 10.2. The van der Waals surface area contributed by atoms with Gasteiger partial charge in [0.05, 0.1) is 0 Å². The number of hydrogen-bond acceptors (Lipinski definition) is 1. The highest BCUT2D eigenvalue weighted by atomic mass is 35.5. The molecule has 3 rings (SSSR count). The van der Waals surface area contributed by atoms with Crippen LogP contribution < -0.4 is 5.32 Å². The maximum atomic E-state index is 12.1. The van der Waals surface area contributed by atoms with Crippen LogP contribution in [0.5, 0.6) is 0 Å². The first-order valence-corrected chi connectivity index (χ1v) is 7.56. The van der Waals surface area contributed by atoms with E-state index in [-0.39, 0.29) is 5.91 Å². The van der Waals surface area contributed by atoms with E-state index in [9.17, 15) is 4.79 Å². The second kappa shape index (κ2) is 5.92. The van der Waals surface area contributed by atoms with Gasteiger partial charge in [-0.3, -0.25) is 4.79 Å². The van der Waals surface area contributed by atoms with Crippen molar-refractivity contribution in [1.29, 1.82) is 0 Å². The highest BCUT2D eigenvalue weighted by Crippen LogP contribution is 2.34. The van der Waals surface area contributed by atoms with Crippen LogP contribution in [0.1, 0.15) is 16.7 Å². The Hall–Kier alpha value is -1.77. The third kappa shape index (κ3) is 2.97. The molecule has 0 unspecified atom stereocenters. The number of alkyl halides is 1. The number of benzene rings is 2. The van der Waals surface area contributed by atoms with Crippen molar-refractivity contribution in [3.05, 3.63) is 64.2 Å². The van der Waals surface area contributed by atoms with E-state index in [2.05, 4.69) is 5.32 Å². The molecule has 2 aromatic carbocycles. The lowest BCUT2D eigenvalue weighted by Gasteiger charge is -2.03. The van der Waals surface area contributed by atoms with Gasteiger partial charge in [0.25, 0.3) is 5.91 Å². The van der Waals surface area contributed by atoms with Gasteiger partial charge in [0.1, 0.15) is 0 Å². The zero-order valence-electron chi connectivity index (χ0n) is 11.2. The molecule has 106 valence electrons. The molecule has 0 spiro atoms. The Labute approximate surface area is 133 Å². The molecule has 0 bridgehead atoms. The fraction of sp³-hybridized carbons (Fsp3) is 0.118. The molecular formula is C17H13Cl2NO. The average Bonchev–Trinajstić information content (AvgIpc) is 2.78. The van der Waals surface area contributed by atoms with Crippen molar-refractivity contribution in [2.75, 3.05) is 11.2 Å². The van der Waals surface area contributed by atoms with Gasteiger partial charge >= 0.3 is 0 Å². The number of anilines is 1. The summed E-state index contributed by atoms with van der Waals surface area (Å²) >= 11 is 11.7. The largest absolute Gasteiger partial charge is 0.321 e. The lowest BCUT2D eigenvalue weighted by molar-refractivity contribution is -0.110. The second-order valence-corrected chi connectivity index (χ2v) is 5.70. The van der Waals surface area contributed by atoms with Gasteiger partial charge in [0, 0.05) is 27.7 Å². The predicted octanol–water partition coefficient (Wildman–Crippen LogP) is 4.61. The maximum Gasteiger partial charge on any atom is 0.256 e. The van der Waals surface area contributed by atoms with Crippen LogP contribution in [0.3, 0.4) is 0 Å². The lowest BCUT2D eigenvalue weighted by atomic mass is 10.0. The van der Waals surface area contributed by atoms with Crippen LogP contribution in [-0.4, -0.2) is 11.8 Å². The SMILES string of the molecule is O=C1Nc2ccc(CCCl)cc2C1=Cc1ccc(Cl)cc1. The molecule has 1 aliphatic rings. The summed E-state index contributed by atoms with van der Waals surface area (Å²) in [5.74, 6) is 0.485. The first kappa shape index (κ1) is 14.2. The number of nitrogens with one attached hydrogen (secondary N) is 1. The van der Waals surface area contributed by atoms with E-state index >= 15 is 0 Å². The number of halogens is 2. The Morgan fingerprint density at radius 3 is 2.57 bits per heavy atom. The smallest absolute Gasteiger partial charge is 0.256 e. The number of carbonyl (C=O) groups excluding carboxylic acids is 1. The molecule has 0 saturated heterocycles. The minimum absolute atomic E-state index is 0.0806. The molecule has 0 aromatic heterocycles. The average molecular weight is 318 g/mol. The highest BCUT2D eigenvalue weighted by Gasteiger charge is 2.24. The maximum absolute atomic E-state index is 12.1. The lowest BCUT2D eigenvalue weighted by Crippen LogP contribution is -2.03. The summed E-state index contributed by atoms with van der Waals surface area (Å²) in [4.78, 5) is 12.1. The zero-order valence-corrected chi connectivity index (χ0v) is 12.7. The summed E-state index contributed by atoms with van der Waals surface area (Å²) in [6.07, 6.45) is 2.67. The number of fused-ring (bicyclic) bond motifs is 1. The van der Waals surface area contributed by atoms with Gasteiger partial charge in [0.15, 0.2) is 0 Å². The molecule has 0 fully saturated rings. The summed E-state index contributed by atoms with van der Waals surface area (Å²) < 4.78 is 0. The number of rotatable bonds is 3. The molecule has 4 heteroatoms. The van der Waals surface area contributed by atoms with Crippen LogP contribution in [0, 0.1) is 0 Å². The molecule has 1 N–H and O–H groups in total. The molecule has 2 aromatic rings. The Bertz CT molecular complexity index is 720. The van der Waals surface area contributed by atoms with Gasteiger partial charge in [-0.25, -0.2) is 0 Å². The third-order valence-corrected chi connectivity index (χ3v) is 3.87. The fourth-order valence-corrected chi connectivity index (χ4v) is 2.71. The summed E-state index contributed by atoms with van der Waals surface area (Å²) in [6, 6.07) is 13.4. The van der Waals surface area contributed by atoms with Crippen LogP contribution in [0.25, 0.3) is 11.6 Å². The number of aryl methyl sites for hydroxylation is 1. The van der Waals surface area contributed by atoms with E-state index in [1.54, 1.807) is 0 Å². The Kier molecular flexibility index (Phi) is 4.00. The quantitative estimate of drug-likeness (QED) is 0.649. The minimum Gasteiger partial charge on any atom is -0.321 e. The molecular weight excluding hydrogens is 305 g/mol. The van der Waals surface area contributed by atoms with E-state index in [0.717, 1.165) is 28.8 Å². The van der Waals surface area contributed by atoms with E-state index in [1.165, 1.54) is 0 Å². The van der Waals surface area contributed by atoms with Crippen LogP contribution in [0.2, 0.25) is 5.02 Å². The van der Waals surface area contributed by atoms with Crippen LogP contribution in [0.15, 0.2) is 42.5 Å². The van der Waals surface area contributed by atoms with Crippen molar-refractivity contribution < 1.29 is 4.79 Å². The van der Waals surface area contributed by atoms with Crippen molar-refractivity contribution in [3.8, 4) is 0 Å². The van der Waals surface area contributed by atoms with E-state index in [0.29, 0.717) is 16.5 Å². The second-order valence-electron chi connectivity index (χ2n) is 4.88. The van der Waals surface area contributed by atoms with E-state index in [1.807, 2.05) is 48.5 Å². The Morgan fingerprint density at radius 1 is 1.10 bits per heavy atom. The Balaban J connectivity index is 2.02. The number of amides is 1. The summed E-state index contributed by atoms with van der Waals surface area (Å²) in [6.45, 7) is 0. The molecule has 1 aliphatic heterocycles. The first-order valence-electron chi connectivity index (χ1n) is 6.65. The van der Waals surface area contributed by atoms with Crippen molar-refractivity contribution in [3.63, 3.8) is 0 Å². The molecule has 1 amide bonds. The molecule has 21 heavy (non-hydrogen) atoms. The van der Waals surface area contributed by atoms with Gasteiger partial charge in [0.2, 0.25) is 0 Å². The van der Waals surface area contributed by atoms with E-state index in [4.69, 9.17) is 23.2 Å². The van der Waals surface area contributed by atoms with Crippen molar-refractivity contribution in [1.82, 2.24) is 0 Å². The van der Waals surface area contributed by atoms with Crippen molar-refractivity contribution in [2.24, 2.45) is 0 Å². The van der Waals surface area contributed by atoms with Crippen LogP contribution in [-0.2, 0) is 11.2 Å². The van der Waals surface area contributed by atoms with Gasteiger partial charge in [-0.2, -0.15) is 0 Å². The van der Waals surface area contributed by atoms with E-state index < -0.39 is 0 Å². The monoisotopic (exact) mass is 317 g/mol. The predicted molar refractivity (Wildman–Crippen MR) is 88.8 cm³/mol. The zero-order chi connectivity index (χ0) is 14.8. The molecule has 1 heterocycles. The van der Waals surface area contributed by atoms with Gasteiger partial charge in [-0.15, -0.1) is 11.6 Å². The third-order valence-electron chi connectivity index (χ3n) is 3.43. The fourth-order valence-electron chi connectivity index (χ4n) is 2.37. The van der Waals surface area contributed by atoms with Gasteiger partial charge in [-0.05, 0) is 47.9 Å². The van der Waals surface area contributed by atoms with Crippen LogP contribution >= 0.6 is 23.2 Å². The van der Waals surface area contributed by atoms with Crippen LogP contribution in [0.4, 0.5) is 5.69 Å². The van der Waals surface area contributed by atoms with Gasteiger partial charge in [-0.1, -0.05) is 29.8 Å². The number of hydrogen-bond donors (Lipinski definition) is 1. The highest BCUT2D eigenvalue weighted by molar-refractivity contribution is 6.35.